The van der Waals surface area contributed by atoms with E-state index in [1.54, 1.807) is 0 Å². The van der Waals surface area contributed by atoms with Crippen LogP contribution in [0.2, 0.25) is 0 Å². The van der Waals surface area contributed by atoms with Gasteiger partial charge in [-0.2, -0.15) is 0 Å². The van der Waals surface area contributed by atoms with Crippen LogP contribution in [0.25, 0.3) is 0 Å². The van der Waals surface area contributed by atoms with Gasteiger partial charge in [-0.1, -0.05) is 178 Å². The molecule has 0 aromatic heterocycles. The van der Waals surface area contributed by atoms with E-state index in [1.807, 2.05) is 70.2 Å². The van der Waals surface area contributed by atoms with Crippen molar-refractivity contribution in [3.8, 4) is 0 Å². The summed E-state index contributed by atoms with van der Waals surface area (Å²) < 4.78 is 0. The van der Waals surface area contributed by atoms with Crippen molar-refractivity contribution < 1.29 is 0 Å². The predicted octanol–water partition coefficient (Wildman–Crippen LogP) is 11.1. The van der Waals surface area contributed by atoms with E-state index in [2.05, 4.69) is 94.9 Å². The standard InChI is InChI=1S/C15H16.C9H18.C6H6.2C2H6/c1-15(2,13-9-5-3-6-10-13)14-11-7-4-8-12-14;1-4-6-7-8-9(3)5-2;1-2-4-6-5-3-1;2*1-2/h3-12H,1-2H3;5,9H,2,4,6-8H2,1,3H3;1-6H;2*1-2H3. The lowest BCUT2D eigenvalue weighted by Crippen LogP contribution is -2.18. The summed E-state index contributed by atoms with van der Waals surface area (Å²) in [6, 6.07) is 33.3. The highest BCUT2D eigenvalue weighted by Crippen LogP contribution is 2.30. The highest BCUT2D eigenvalue weighted by atomic mass is 14.2. The van der Waals surface area contributed by atoms with E-state index >= 15 is 0 Å². The minimum atomic E-state index is 0.0858. The molecular weight excluding hydrogens is 408 g/mol. The molecular formula is C34H52. The Morgan fingerprint density at radius 1 is 0.647 bits per heavy atom. The van der Waals surface area contributed by atoms with Gasteiger partial charge in [0.15, 0.2) is 0 Å². The van der Waals surface area contributed by atoms with Gasteiger partial charge < -0.3 is 0 Å². The molecule has 1 atom stereocenters. The second-order valence-corrected chi connectivity index (χ2v) is 8.22. The van der Waals surface area contributed by atoms with Crippen LogP contribution in [0.15, 0.2) is 110 Å². The van der Waals surface area contributed by atoms with Gasteiger partial charge in [-0.15, -0.1) is 6.58 Å². The maximum Gasteiger partial charge on any atom is 0.0146 e. The lowest BCUT2D eigenvalue weighted by molar-refractivity contribution is 0.577. The molecule has 0 radical (unpaired) electrons. The molecule has 0 fully saturated rings. The molecule has 0 amide bonds. The zero-order chi connectivity index (χ0) is 26.1. The van der Waals surface area contributed by atoms with Gasteiger partial charge in [-0.05, 0) is 23.5 Å². The largest absolute Gasteiger partial charge is 0.103 e. The fourth-order valence-corrected chi connectivity index (χ4v) is 3.10. The van der Waals surface area contributed by atoms with Gasteiger partial charge in [-0.25, -0.2) is 0 Å². The number of rotatable bonds is 7. The van der Waals surface area contributed by atoms with Crippen LogP contribution in [0.1, 0.15) is 92.2 Å². The topological polar surface area (TPSA) is 0 Å². The Hall–Kier alpha value is -2.60. The smallest absolute Gasteiger partial charge is 0.0146 e. The maximum atomic E-state index is 3.74. The summed E-state index contributed by atoms with van der Waals surface area (Å²) in [5.74, 6) is 0.719. The Morgan fingerprint density at radius 3 is 1.26 bits per heavy atom. The van der Waals surface area contributed by atoms with Gasteiger partial charge in [0.1, 0.15) is 0 Å². The monoisotopic (exact) mass is 460 g/mol. The van der Waals surface area contributed by atoms with Crippen LogP contribution >= 0.6 is 0 Å². The van der Waals surface area contributed by atoms with E-state index in [4.69, 9.17) is 0 Å². The molecule has 0 heteroatoms. The number of hydrogen-bond donors (Lipinski definition) is 0. The molecule has 0 spiro atoms. The molecule has 0 saturated heterocycles. The van der Waals surface area contributed by atoms with E-state index in [0.717, 1.165) is 5.92 Å². The molecule has 188 valence electrons. The highest BCUT2D eigenvalue weighted by Gasteiger charge is 2.21. The molecule has 0 bridgehead atoms. The second kappa shape index (κ2) is 23.6. The van der Waals surface area contributed by atoms with Gasteiger partial charge in [0.2, 0.25) is 0 Å². The highest BCUT2D eigenvalue weighted by molar-refractivity contribution is 5.36. The van der Waals surface area contributed by atoms with Crippen molar-refractivity contribution in [2.75, 3.05) is 0 Å². The predicted molar refractivity (Wildman–Crippen MR) is 158 cm³/mol. The third kappa shape index (κ3) is 16.1. The van der Waals surface area contributed by atoms with Crippen LogP contribution in [0, 0.1) is 5.92 Å². The van der Waals surface area contributed by atoms with Crippen LogP contribution in [0.4, 0.5) is 0 Å². The maximum absolute atomic E-state index is 3.74. The van der Waals surface area contributed by atoms with Crippen LogP contribution in [0.5, 0.6) is 0 Å². The Bertz CT molecular complexity index is 689. The molecule has 0 nitrogen and oxygen atoms in total. The van der Waals surface area contributed by atoms with Gasteiger partial charge >= 0.3 is 0 Å². The fourth-order valence-electron chi connectivity index (χ4n) is 3.10. The summed E-state index contributed by atoms with van der Waals surface area (Å²) in [5, 5.41) is 0. The van der Waals surface area contributed by atoms with Crippen LogP contribution < -0.4 is 0 Å². The summed E-state index contributed by atoms with van der Waals surface area (Å²) in [6.45, 7) is 20.7. The lowest BCUT2D eigenvalue weighted by atomic mass is 9.78. The average molecular weight is 461 g/mol. The minimum absolute atomic E-state index is 0.0858. The van der Waals surface area contributed by atoms with Crippen molar-refractivity contribution in [2.24, 2.45) is 5.92 Å². The molecule has 3 aromatic rings. The van der Waals surface area contributed by atoms with Gasteiger partial charge in [0.25, 0.3) is 0 Å². The first-order valence-electron chi connectivity index (χ1n) is 13.3. The SMILES string of the molecule is C=CC(C)CCCCC.CC.CC.CC(C)(c1ccccc1)c1ccccc1.c1ccccc1. The van der Waals surface area contributed by atoms with Crippen LogP contribution in [-0.2, 0) is 5.41 Å². The van der Waals surface area contributed by atoms with Crippen molar-refractivity contribution in [3.63, 3.8) is 0 Å². The third-order valence-corrected chi connectivity index (χ3v) is 5.32. The van der Waals surface area contributed by atoms with Crippen molar-refractivity contribution in [3.05, 3.63) is 121 Å². The van der Waals surface area contributed by atoms with Crippen LogP contribution in [0.3, 0.4) is 0 Å². The Labute approximate surface area is 213 Å². The summed E-state index contributed by atoms with van der Waals surface area (Å²) in [7, 11) is 0. The first-order chi connectivity index (χ1) is 16.5. The quantitative estimate of drug-likeness (QED) is 0.243. The molecule has 0 saturated carbocycles. The van der Waals surface area contributed by atoms with E-state index < -0.39 is 0 Å². The van der Waals surface area contributed by atoms with Crippen molar-refractivity contribution >= 4 is 0 Å². The molecule has 3 rings (SSSR count). The molecule has 0 N–H and O–H groups in total. The van der Waals surface area contributed by atoms with Crippen molar-refractivity contribution in [1.29, 1.82) is 0 Å². The Balaban J connectivity index is 0. The Kier molecular flexibility index (Phi) is 23.3. The Morgan fingerprint density at radius 2 is 0.971 bits per heavy atom. The van der Waals surface area contributed by atoms with Gasteiger partial charge in [0.05, 0.1) is 0 Å². The van der Waals surface area contributed by atoms with Crippen molar-refractivity contribution in [2.45, 2.75) is 86.5 Å². The first-order valence-corrected chi connectivity index (χ1v) is 13.3. The molecule has 3 aromatic carbocycles. The molecule has 0 aliphatic rings. The normalized spacial score (nSPS) is 10.2. The summed E-state index contributed by atoms with van der Waals surface area (Å²) in [6.07, 6.45) is 7.42. The zero-order valence-electron chi connectivity index (χ0n) is 23.4. The van der Waals surface area contributed by atoms with E-state index in [0.29, 0.717) is 0 Å². The average Bonchev–Trinajstić information content (AvgIpc) is 2.93. The summed E-state index contributed by atoms with van der Waals surface area (Å²) >= 11 is 0. The molecule has 34 heavy (non-hydrogen) atoms. The number of unbranched alkanes of at least 4 members (excludes halogenated alkanes) is 2. The van der Waals surface area contributed by atoms with E-state index in [9.17, 15) is 0 Å². The second-order valence-electron chi connectivity index (χ2n) is 8.22. The summed E-state index contributed by atoms with van der Waals surface area (Å²) in [5.41, 5.74) is 2.80. The van der Waals surface area contributed by atoms with E-state index in [-0.39, 0.29) is 5.41 Å². The summed E-state index contributed by atoms with van der Waals surface area (Å²) in [4.78, 5) is 0. The van der Waals surface area contributed by atoms with Gasteiger partial charge in [0, 0.05) is 5.41 Å². The first kappa shape index (κ1) is 33.6. The third-order valence-electron chi connectivity index (χ3n) is 5.32. The van der Waals surface area contributed by atoms with Crippen LogP contribution in [-0.4, -0.2) is 0 Å². The lowest BCUT2D eigenvalue weighted by Gasteiger charge is -2.25. The van der Waals surface area contributed by atoms with E-state index in [1.165, 1.54) is 36.8 Å². The van der Waals surface area contributed by atoms with Crippen molar-refractivity contribution in [1.82, 2.24) is 0 Å². The number of allylic oxidation sites excluding steroid dienone is 1. The minimum Gasteiger partial charge on any atom is -0.103 e. The van der Waals surface area contributed by atoms with Gasteiger partial charge in [-0.3, -0.25) is 0 Å². The molecule has 0 aliphatic heterocycles. The number of benzene rings is 3. The number of hydrogen-bond acceptors (Lipinski definition) is 0. The molecule has 1 unspecified atom stereocenters. The molecule has 0 heterocycles. The fraction of sp³-hybridized carbons (Fsp3) is 0.412. The molecule has 0 aliphatic carbocycles. The zero-order valence-corrected chi connectivity index (χ0v) is 23.4.